The van der Waals surface area contributed by atoms with E-state index >= 15 is 0 Å². The minimum absolute atomic E-state index is 0.0165. The Balaban J connectivity index is 1.90. The van der Waals surface area contributed by atoms with Crippen molar-refractivity contribution >= 4 is 22.5 Å². The highest BCUT2D eigenvalue weighted by Gasteiger charge is 2.25. The molecule has 4 rings (SSSR count). The second-order valence-electron chi connectivity index (χ2n) is 6.83. The fourth-order valence-electron chi connectivity index (χ4n) is 3.48. The van der Waals surface area contributed by atoms with Crippen LogP contribution in [0.25, 0.3) is 10.9 Å². The molecule has 0 saturated heterocycles. The second kappa shape index (κ2) is 7.86. The van der Waals surface area contributed by atoms with Gasteiger partial charge < -0.3 is 19.9 Å². The van der Waals surface area contributed by atoms with E-state index in [0.29, 0.717) is 23.5 Å². The van der Waals surface area contributed by atoms with Crippen LogP contribution < -0.4 is 19.9 Å². The van der Waals surface area contributed by atoms with E-state index < -0.39 is 16.7 Å². The lowest BCUT2D eigenvalue weighted by Crippen LogP contribution is -2.29. The third kappa shape index (κ3) is 3.45. The van der Waals surface area contributed by atoms with Crippen molar-refractivity contribution in [2.45, 2.75) is 25.8 Å². The van der Waals surface area contributed by atoms with Crippen LogP contribution in [-0.4, -0.2) is 22.6 Å². The van der Waals surface area contributed by atoms with E-state index in [4.69, 9.17) is 9.47 Å². The fraction of sp³-hybridized carbons (Fsp3) is 0.238. The fourth-order valence-corrected chi connectivity index (χ4v) is 3.48. The molecule has 0 bridgehead atoms. The summed E-state index contributed by atoms with van der Waals surface area (Å²) in [7, 11) is 0. The van der Waals surface area contributed by atoms with Gasteiger partial charge in [-0.1, -0.05) is 18.7 Å². The number of amides is 1. The summed E-state index contributed by atoms with van der Waals surface area (Å²) >= 11 is 0. The molecule has 0 radical (unpaired) electrons. The van der Waals surface area contributed by atoms with Crippen molar-refractivity contribution in [2.24, 2.45) is 0 Å². The summed E-state index contributed by atoms with van der Waals surface area (Å²) in [6, 6.07) is 8.36. The molecule has 0 saturated carbocycles. The van der Waals surface area contributed by atoms with Crippen LogP contribution in [0, 0.1) is 10.1 Å². The largest absolute Gasteiger partial charge is 0.871 e. The van der Waals surface area contributed by atoms with Gasteiger partial charge in [0.15, 0.2) is 11.5 Å². The molecule has 2 aromatic carbocycles. The summed E-state index contributed by atoms with van der Waals surface area (Å²) in [6.07, 6.45) is 2.27. The van der Waals surface area contributed by atoms with Crippen LogP contribution in [0.2, 0.25) is 0 Å². The first-order valence-corrected chi connectivity index (χ1v) is 9.41. The molecule has 1 atom stereocenters. The van der Waals surface area contributed by atoms with Crippen LogP contribution in [0.5, 0.6) is 17.2 Å². The first kappa shape index (κ1) is 19.4. The number of pyridine rings is 1. The van der Waals surface area contributed by atoms with Crippen molar-refractivity contribution in [1.29, 1.82) is 0 Å². The van der Waals surface area contributed by atoms with E-state index in [2.05, 4.69) is 10.3 Å². The van der Waals surface area contributed by atoms with Crippen molar-refractivity contribution < 1.29 is 24.3 Å². The Hall–Kier alpha value is -3.88. The molecule has 0 fully saturated rings. The number of aromatic nitrogens is 1. The van der Waals surface area contributed by atoms with Crippen molar-refractivity contribution in [3.63, 3.8) is 0 Å². The first-order chi connectivity index (χ1) is 14.5. The highest BCUT2D eigenvalue weighted by atomic mass is 16.7. The molecule has 1 amide bonds. The molecule has 9 nitrogen and oxygen atoms in total. The quantitative estimate of drug-likeness (QED) is 0.491. The number of nitro groups is 1. The van der Waals surface area contributed by atoms with Crippen LogP contribution in [0.1, 0.15) is 36.9 Å². The van der Waals surface area contributed by atoms with Crippen molar-refractivity contribution in [3.8, 4) is 17.2 Å². The number of hydrogen-bond acceptors (Lipinski definition) is 7. The number of rotatable bonds is 6. The molecule has 9 heteroatoms. The summed E-state index contributed by atoms with van der Waals surface area (Å²) in [5.41, 5.74) is 0.349. The SMILES string of the molecule is CCCC(=O)N[C@H](c1ccc2c(c1)OCO2)c1cc([N+](=O)[O-])c2cccnc2c1[O-]. The summed E-state index contributed by atoms with van der Waals surface area (Å²) in [6.45, 7) is 1.93. The molecule has 1 aliphatic rings. The number of ether oxygens (including phenoxy) is 2. The van der Waals surface area contributed by atoms with Crippen LogP contribution in [-0.2, 0) is 4.79 Å². The molecule has 0 aliphatic carbocycles. The summed E-state index contributed by atoms with van der Waals surface area (Å²) < 4.78 is 10.7. The lowest BCUT2D eigenvalue weighted by atomic mass is 9.94. The van der Waals surface area contributed by atoms with Gasteiger partial charge in [-0.25, -0.2) is 0 Å². The molecular formula is C21H18N3O6-. The Bertz CT molecular complexity index is 1150. The monoisotopic (exact) mass is 408 g/mol. The molecule has 2 heterocycles. The number of hydrogen-bond donors (Lipinski definition) is 1. The molecule has 3 aromatic rings. The lowest BCUT2D eigenvalue weighted by molar-refractivity contribution is -0.383. The van der Waals surface area contributed by atoms with E-state index in [1.807, 2.05) is 6.92 Å². The van der Waals surface area contributed by atoms with E-state index in [0.717, 1.165) is 0 Å². The summed E-state index contributed by atoms with van der Waals surface area (Å²) in [5, 5.41) is 27.8. The number of fused-ring (bicyclic) bond motifs is 2. The smallest absolute Gasteiger partial charge is 0.279 e. The van der Waals surface area contributed by atoms with Gasteiger partial charge in [0, 0.05) is 18.7 Å². The predicted octanol–water partition coefficient (Wildman–Crippen LogP) is 2.95. The van der Waals surface area contributed by atoms with Gasteiger partial charge in [0.05, 0.1) is 21.9 Å². The van der Waals surface area contributed by atoms with Crippen molar-refractivity contribution in [2.75, 3.05) is 6.79 Å². The van der Waals surface area contributed by atoms with E-state index in [-0.39, 0.29) is 41.3 Å². The van der Waals surface area contributed by atoms with Crippen molar-refractivity contribution in [1.82, 2.24) is 10.3 Å². The molecule has 1 aromatic heterocycles. The second-order valence-corrected chi connectivity index (χ2v) is 6.83. The van der Waals surface area contributed by atoms with Gasteiger partial charge in [0.1, 0.15) is 0 Å². The number of non-ortho nitro benzene ring substituents is 1. The molecular weight excluding hydrogens is 390 g/mol. The van der Waals surface area contributed by atoms with E-state index in [9.17, 15) is 20.0 Å². The Kier molecular flexibility index (Phi) is 5.09. The minimum Gasteiger partial charge on any atom is -0.871 e. The Morgan fingerprint density at radius 1 is 1.27 bits per heavy atom. The van der Waals surface area contributed by atoms with Crippen LogP contribution in [0.3, 0.4) is 0 Å². The van der Waals surface area contributed by atoms with E-state index in [1.54, 1.807) is 18.2 Å². The zero-order chi connectivity index (χ0) is 21.3. The molecule has 0 unspecified atom stereocenters. The summed E-state index contributed by atoms with van der Waals surface area (Å²) in [4.78, 5) is 27.6. The number of nitrogens with one attached hydrogen (secondary N) is 1. The third-order valence-corrected chi connectivity index (χ3v) is 4.87. The minimum atomic E-state index is -0.906. The average Bonchev–Trinajstić information content (AvgIpc) is 3.20. The Morgan fingerprint density at radius 2 is 2.07 bits per heavy atom. The van der Waals surface area contributed by atoms with Crippen LogP contribution in [0.15, 0.2) is 42.6 Å². The highest BCUT2D eigenvalue weighted by molar-refractivity contribution is 5.93. The number of benzene rings is 2. The van der Waals surface area contributed by atoms with Gasteiger partial charge in [-0.05, 0) is 41.8 Å². The Labute approximate surface area is 171 Å². The zero-order valence-corrected chi connectivity index (χ0v) is 16.1. The van der Waals surface area contributed by atoms with Gasteiger partial charge in [0.2, 0.25) is 12.7 Å². The third-order valence-electron chi connectivity index (χ3n) is 4.87. The van der Waals surface area contributed by atoms with E-state index in [1.165, 1.54) is 24.4 Å². The summed E-state index contributed by atoms with van der Waals surface area (Å²) in [5.74, 6) is 0.271. The van der Waals surface area contributed by atoms with Gasteiger partial charge in [-0.15, -0.1) is 0 Å². The number of carbonyl (C=O) groups is 1. The van der Waals surface area contributed by atoms with Gasteiger partial charge in [-0.3, -0.25) is 19.9 Å². The molecule has 30 heavy (non-hydrogen) atoms. The van der Waals surface area contributed by atoms with Gasteiger partial charge in [0.25, 0.3) is 5.69 Å². The zero-order valence-electron chi connectivity index (χ0n) is 16.1. The standard InChI is InChI=1S/C21H19N3O6/c1-2-4-18(25)23-19(12-6-7-16-17(9-12)30-11-29-16)14-10-15(24(27)28)13-5-3-8-22-20(13)21(14)26/h3,5-10,19,26H,2,4,11H2,1H3,(H,23,25)/p-1/t19-/m1/s1. The number of carbonyl (C=O) groups excluding carboxylic acids is 1. The topological polar surface area (TPSA) is 127 Å². The van der Waals surface area contributed by atoms with Crippen LogP contribution >= 0.6 is 0 Å². The van der Waals surface area contributed by atoms with Gasteiger partial charge in [-0.2, -0.15) is 0 Å². The molecule has 1 N–H and O–H groups in total. The lowest BCUT2D eigenvalue weighted by Gasteiger charge is -2.25. The number of nitro benzene ring substituents is 1. The van der Waals surface area contributed by atoms with Crippen LogP contribution in [0.4, 0.5) is 5.69 Å². The average molecular weight is 408 g/mol. The molecule has 0 spiro atoms. The maximum Gasteiger partial charge on any atom is 0.279 e. The highest BCUT2D eigenvalue weighted by Crippen LogP contribution is 2.40. The molecule has 1 aliphatic heterocycles. The van der Waals surface area contributed by atoms with Crippen molar-refractivity contribution in [3.05, 3.63) is 63.8 Å². The predicted molar refractivity (Wildman–Crippen MR) is 105 cm³/mol. The normalized spacial score (nSPS) is 13.2. The van der Waals surface area contributed by atoms with Gasteiger partial charge >= 0.3 is 0 Å². The number of nitrogens with zero attached hydrogens (tertiary/aromatic N) is 2. The molecule has 154 valence electrons. The Morgan fingerprint density at radius 3 is 2.83 bits per heavy atom. The maximum atomic E-state index is 13.2. The maximum absolute atomic E-state index is 13.2. The first-order valence-electron chi connectivity index (χ1n) is 9.41.